The fraction of sp³-hybridized carbons (Fsp3) is 0.714. The Morgan fingerprint density at radius 1 is 1.50 bits per heavy atom. The van der Waals surface area contributed by atoms with Gasteiger partial charge >= 0.3 is 0 Å². The maximum atomic E-state index is 9.90. The first kappa shape index (κ1) is 18.2. The number of aliphatic hydroxyl groups excluding tert-OH is 1. The minimum atomic E-state index is -0.975. The number of rotatable bonds is 0. The maximum Gasteiger partial charge on any atom is 0.227 e. The number of carbonyl (C=O) groups is 1. The molecular formula is C7H15NO3Y-2. The molecule has 0 aromatic carbocycles. The summed E-state index contributed by atoms with van der Waals surface area (Å²) in [6.07, 6.45) is -0.975. The van der Waals surface area contributed by atoms with Gasteiger partial charge in [-0.1, -0.05) is 0 Å². The molecule has 0 aromatic heterocycles. The number of nitrogens with one attached hydrogen (secondary N) is 1. The Morgan fingerprint density at radius 2 is 1.75 bits per heavy atom. The molecule has 0 aliphatic heterocycles. The van der Waals surface area contributed by atoms with Crippen molar-refractivity contribution in [2.75, 3.05) is 0 Å². The number of ether oxygens (including phenoxy) is 1. The third-order valence-electron chi connectivity index (χ3n) is 0.399. The molecule has 71 valence electrons. The van der Waals surface area contributed by atoms with Crippen LogP contribution >= 0.6 is 0 Å². The monoisotopic (exact) mass is 250 g/mol. The van der Waals surface area contributed by atoms with Crippen molar-refractivity contribution in [3.8, 4) is 0 Å². The molecule has 0 saturated heterocycles. The molecule has 0 aliphatic rings. The summed E-state index contributed by atoms with van der Waals surface area (Å²) in [4.78, 5) is 9.90. The number of hydrogen-bond acceptors (Lipinski definition) is 3. The molecular weight excluding hydrogens is 235 g/mol. The van der Waals surface area contributed by atoms with Gasteiger partial charge in [-0.2, -0.15) is 6.92 Å². The van der Waals surface area contributed by atoms with E-state index in [1.165, 1.54) is 0 Å². The second kappa shape index (κ2) is 9.42. The van der Waals surface area contributed by atoms with Gasteiger partial charge in [0.05, 0.1) is 0 Å². The molecule has 1 radical (unpaired) electrons. The predicted molar refractivity (Wildman–Crippen MR) is 42.5 cm³/mol. The van der Waals surface area contributed by atoms with Crippen molar-refractivity contribution < 1.29 is 47.3 Å². The summed E-state index contributed by atoms with van der Waals surface area (Å²) in [5.74, 6) is 0. The van der Waals surface area contributed by atoms with Crippen LogP contribution < -0.4 is 0 Å². The van der Waals surface area contributed by atoms with Crippen LogP contribution in [0.1, 0.15) is 27.7 Å². The Hall–Kier alpha value is 0.334. The van der Waals surface area contributed by atoms with E-state index >= 15 is 0 Å². The van der Waals surface area contributed by atoms with Gasteiger partial charge in [-0.05, 0) is 20.8 Å². The molecule has 5 heteroatoms. The average molecular weight is 250 g/mol. The van der Waals surface area contributed by atoms with E-state index in [2.05, 4.69) is 4.74 Å². The van der Waals surface area contributed by atoms with Crippen LogP contribution in [0.3, 0.4) is 0 Å². The van der Waals surface area contributed by atoms with Crippen LogP contribution in [0.4, 0.5) is 4.79 Å². The van der Waals surface area contributed by atoms with Gasteiger partial charge in [0.1, 0.15) is 5.60 Å². The van der Waals surface area contributed by atoms with E-state index in [0.29, 0.717) is 0 Å². The smallest absolute Gasteiger partial charge is 0.227 e. The molecule has 0 aromatic rings. The fourth-order valence-electron chi connectivity index (χ4n) is 0.278. The molecule has 12 heavy (non-hydrogen) atoms. The molecule has 0 spiro atoms. The second-order valence-corrected chi connectivity index (χ2v) is 2.76. The van der Waals surface area contributed by atoms with Crippen molar-refractivity contribution in [1.29, 1.82) is 0 Å². The maximum absolute atomic E-state index is 9.90. The molecule has 0 atom stereocenters. The standard InChI is InChI=1S/C5H11NO2.C2H5O.Y/c1-5(2,3)8-4(6)7;1-2-3;/h1-3H3,(H2,6,7);2-3H,1H3;/q;-1;/p-1. The molecule has 0 aliphatic carbocycles. The summed E-state index contributed by atoms with van der Waals surface area (Å²) < 4.78 is 4.47. The minimum absolute atomic E-state index is 0. The number of carbonyl (C=O) groups excluding carboxylic acids is 1. The van der Waals surface area contributed by atoms with Gasteiger partial charge in [-0.15, -0.1) is 0 Å². The zero-order chi connectivity index (χ0) is 9.49. The van der Waals surface area contributed by atoms with Crippen molar-refractivity contribution in [2.24, 2.45) is 0 Å². The largest absolute Gasteiger partial charge is 0.632 e. The average Bonchev–Trinajstić information content (AvgIpc) is 1.57. The zero-order valence-corrected chi connectivity index (χ0v) is 10.8. The third kappa shape index (κ3) is 31.6. The van der Waals surface area contributed by atoms with E-state index in [-0.39, 0.29) is 32.7 Å². The van der Waals surface area contributed by atoms with Gasteiger partial charge in [0.25, 0.3) is 0 Å². The first-order chi connectivity index (χ1) is 4.83. The van der Waals surface area contributed by atoms with Gasteiger partial charge in [0.2, 0.25) is 6.09 Å². The molecule has 4 nitrogen and oxygen atoms in total. The molecule has 0 heterocycles. The summed E-state index contributed by atoms with van der Waals surface area (Å²) in [6.45, 7) is 7.72. The van der Waals surface area contributed by atoms with Crippen molar-refractivity contribution in [3.63, 3.8) is 0 Å². The van der Waals surface area contributed by atoms with E-state index in [1.807, 2.05) is 0 Å². The van der Waals surface area contributed by atoms with Gasteiger partial charge in [-0.3, -0.25) is 4.79 Å². The SMILES string of the molecule is CC(C)(C)OC([NH-])=O.C[CH-]O.[Y]. The number of amides is 1. The fourth-order valence-corrected chi connectivity index (χ4v) is 0.278. The van der Waals surface area contributed by atoms with Gasteiger partial charge in [0.15, 0.2) is 0 Å². The Balaban J connectivity index is -0.000000177. The van der Waals surface area contributed by atoms with Crippen LogP contribution in [0.5, 0.6) is 0 Å². The van der Waals surface area contributed by atoms with Crippen molar-refractivity contribution in [2.45, 2.75) is 33.3 Å². The Labute approximate surface area is 98.7 Å². The Bertz CT molecular complexity index is 112. The van der Waals surface area contributed by atoms with Gasteiger partial charge in [-0.25, -0.2) is 6.61 Å². The van der Waals surface area contributed by atoms with Crippen LogP contribution in [-0.4, -0.2) is 16.8 Å². The summed E-state index contributed by atoms with van der Waals surface area (Å²) in [5, 5.41) is 7.44. The minimum Gasteiger partial charge on any atom is -0.632 e. The normalized spacial score (nSPS) is 8.75. The molecule has 0 saturated carbocycles. The summed E-state index contributed by atoms with van der Waals surface area (Å²) in [5.41, 5.74) is 5.86. The van der Waals surface area contributed by atoms with Crippen LogP contribution in [0.25, 0.3) is 5.73 Å². The Kier molecular flexibility index (Phi) is 14.3. The molecule has 2 N–H and O–H groups in total. The van der Waals surface area contributed by atoms with E-state index in [1.54, 1.807) is 27.7 Å². The van der Waals surface area contributed by atoms with E-state index in [0.717, 1.165) is 6.61 Å². The molecule has 0 fully saturated rings. The van der Waals surface area contributed by atoms with Gasteiger partial charge < -0.3 is 15.6 Å². The van der Waals surface area contributed by atoms with Gasteiger partial charge in [0, 0.05) is 32.7 Å². The Morgan fingerprint density at radius 3 is 1.75 bits per heavy atom. The molecule has 0 bridgehead atoms. The van der Waals surface area contributed by atoms with Crippen molar-refractivity contribution in [1.82, 2.24) is 0 Å². The molecule has 0 rings (SSSR count). The second-order valence-electron chi connectivity index (χ2n) is 2.76. The van der Waals surface area contributed by atoms with Crippen molar-refractivity contribution in [3.05, 3.63) is 12.3 Å². The number of aliphatic hydroxyl groups is 1. The van der Waals surface area contributed by atoms with E-state index in [9.17, 15) is 4.79 Å². The van der Waals surface area contributed by atoms with Crippen LogP contribution in [-0.2, 0) is 37.4 Å². The van der Waals surface area contributed by atoms with Crippen LogP contribution in [0.15, 0.2) is 0 Å². The molecule has 0 unspecified atom stereocenters. The third-order valence-corrected chi connectivity index (χ3v) is 0.399. The first-order valence-electron chi connectivity index (χ1n) is 3.20. The van der Waals surface area contributed by atoms with Crippen LogP contribution in [0.2, 0.25) is 0 Å². The summed E-state index contributed by atoms with van der Waals surface area (Å²) >= 11 is 0. The summed E-state index contributed by atoms with van der Waals surface area (Å²) in [6, 6.07) is 0. The quantitative estimate of drug-likeness (QED) is 0.671. The van der Waals surface area contributed by atoms with Crippen molar-refractivity contribution >= 4 is 6.09 Å². The van der Waals surface area contributed by atoms with E-state index in [4.69, 9.17) is 10.8 Å². The number of hydrogen-bond donors (Lipinski definition) is 1. The first-order valence-corrected chi connectivity index (χ1v) is 3.20. The summed E-state index contributed by atoms with van der Waals surface area (Å²) in [7, 11) is 0. The zero-order valence-electron chi connectivity index (χ0n) is 7.92. The van der Waals surface area contributed by atoms with E-state index < -0.39 is 11.7 Å². The molecule has 1 amide bonds. The predicted octanol–water partition coefficient (Wildman–Crippen LogP) is 2.51. The van der Waals surface area contributed by atoms with Crippen LogP contribution in [0, 0.1) is 6.61 Å². The topological polar surface area (TPSA) is 70.3 Å².